The van der Waals surface area contributed by atoms with Gasteiger partial charge in [-0.1, -0.05) is 32.0 Å². The van der Waals surface area contributed by atoms with E-state index >= 15 is 0 Å². The number of para-hydroxylation sites is 1. The summed E-state index contributed by atoms with van der Waals surface area (Å²) in [6, 6.07) is 11.2. The number of carbonyl (C=O) groups excluding carboxylic acids is 1. The van der Waals surface area contributed by atoms with Crippen molar-refractivity contribution in [1.29, 1.82) is 0 Å². The number of carbonyl (C=O) groups is 1. The molecule has 1 aliphatic rings. The minimum atomic E-state index is -0.269. The Hall–Kier alpha value is -2.10. The fourth-order valence-electron chi connectivity index (χ4n) is 2.87. The van der Waals surface area contributed by atoms with Gasteiger partial charge in [0.05, 0.1) is 12.1 Å². The van der Waals surface area contributed by atoms with Gasteiger partial charge in [0.15, 0.2) is 0 Å². The van der Waals surface area contributed by atoms with Crippen LogP contribution in [-0.4, -0.2) is 15.7 Å². The Balaban J connectivity index is 1.71. The highest BCUT2D eigenvalue weighted by Gasteiger charge is 2.29. The second kappa shape index (κ2) is 5.35. The molecule has 110 valence electrons. The molecule has 0 saturated carbocycles. The van der Waals surface area contributed by atoms with Gasteiger partial charge in [0, 0.05) is 17.7 Å². The van der Waals surface area contributed by atoms with E-state index in [9.17, 15) is 4.79 Å². The zero-order valence-electron chi connectivity index (χ0n) is 12.5. The lowest BCUT2D eigenvalue weighted by Crippen LogP contribution is -2.27. The highest BCUT2D eigenvalue weighted by atomic mass is 16.5. The molecule has 0 amide bonds. The fraction of sp³-hybridized carbons (Fsp3) is 0.412. The number of fused-ring (bicyclic) bond motifs is 1. The Morgan fingerprint density at radius 1 is 1.33 bits per heavy atom. The van der Waals surface area contributed by atoms with Crippen molar-refractivity contribution in [2.45, 2.75) is 45.1 Å². The van der Waals surface area contributed by atoms with Crippen LogP contribution in [0.4, 0.5) is 0 Å². The first-order valence-electron chi connectivity index (χ1n) is 7.37. The van der Waals surface area contributed by atoms with Gasteiger partial charge in [0.2, 0.25) is 0 Å². The van der Waals surface area contributed by atoms with Gasteiger partial charge >= 0.3 is 5.97 Å². The van der Waals surface area contributed by atoms with Crippen LogP contribution >= 0.6 is 0 Å². The van der Waals surface area contributed by atoms with Crippen molar-refractivity contribution in [3.63, 3.8) is 0 Å². The lowest BCUT2D eigenvalue weighted by Gasteiger charge is -2.30. The van der Waals surface area contributed by atoms with Crippen LogP contribution < -0.4 is 4.74 Å². The average molecular weight is 284 g/mol. The number of hydrogen-bond donors (Lipinski definition) is 0. The van der Waals surface area contributed by atoms with Crippen molar-refractivity contribution in [2.75, 3.05) is 0 Å². The maximum Gasteiger partial charge on any atom is 0.317 e. The van der Waals surface area contributed by atoms with E-state index in [0.29, 0.717) is 5.75 Å². The van der Waals surface area contributed by atoms with E-state index in [1.54, 1.807) is 12.1 Å². The molecule has 4 nitrogen and oxygen atoms in total. The molecule has 4 heteroatoms. The first-order chi connectivity index (χ1) is 10.0. The van der Waals surface area contributed by atoms with Crippen molar-refractivity contribution in [3.8, 4) is 5.75 Å². The number of esters is 1. The minimum Gasteiger partial charge on any atom is -0.426 e. The monoisotopic (exact) mass is 284 g/mol. The molecule has 0 fully saturated rings. The van der Waals surface area contributed by atoms with Crippen molar-refractivity contribution in [3.05, 3.63) is 47.8 Å². The summed E-state index contributed by atoms with van der Waals surface area (Å²) in [6.45, 7) is 5.39. The quantitative estimate of drug-likeness (QED) is 0.642. The molecular weight excluding hydrogens is 264 g/mol. The summed E-state index contributed by atoms with van der Waals surface area (Å²) >= 11 is 0. The molecule has 0 N–H and O–H groups in total. The largest absolute Gasteiger partial charge is 0.426 e. The SMILES string of the molecule is CC1(C)CCCn2nc(CC(=O)Oc3ccccc3)cc21. The Bertz CT molecular complexity index is 644. The summed E-state index contributed by atoms with van der Waals surface area (Å²) in [4.78, 5) is 12.0. The predicted molar refractivity (Wildman–Crippen MR) is 80.3 cm³/mol. The molecule has 0 saturated heterocycles. The maximum absolute atomic E-state index is 12.0. The Morgan fingerprint density at radius 3 is 2.81 bits per heavy atom. The second-order valence-electron chi connectivity index (χ2n) is 6.20. The van der Waals surface area contributed by atoms with Crippen LogP contribution in [0, 0.1) is 0 Å². The Morgan fingerprint density at radius 2 is 2.10 bits per heavy atom. The molecular formula is C17H20N2O2. The van der Waals surface area contributed by atoms with Crippen LogP contribution in [0.3, 0.4) is 0 Å². The maximum atomic E-state index is 12.0. The smallest absolute Gasteiger partial charge is 0.317 e. The molecule has 3 rings (SSSR count). The van der Waals surface area contributed by atoms with Crippen LogP contribution in [0.5, 0.6) is 5.75 Å². The molecule has 0 radical (unpaired) electrons. The number of nitrogens with zero attached hydrogens (tertiary/aromatic N) is 2. The summed E-state index contributed by atoms with van der Waals surface area (Å²) in [6.07, 6.45) is 2.51. The molecule has 0 aliphatic carbocycles. The average Bonchev–Trinajstić information content (AvgIpc) is 2.83. The van der Waals surface area contributed by atoms with Gasteiger partial charge in [-0.25, -0.2) is 0 Å². The topological polar surface area (TPSA) is 44.1 Å². The summed E-state index contributed by atoms with van der Waals surface area (Å²) in [5.41, 5.74) is 2.14. The molecule has 2 aromatic rings. The van der Waals surface area contributed by atoms with Crippen LogP contribution in [0.2, 0.25) is 0 Å². The third kappa shape index (κ3) is 2.99. The molecule has 0 atom stereocenters. The summed E-state index contributed by atoms with van der Waals surface area (Å²) in [5.74, 6) is 0.307. The van der Waals surface area contributed by atoms with Crippen molar-refractivity contribution in [2.24, 2.45) is 0 Å². The Labute approximate surface area is 124 Å². The number of aryl methyl sites for hydroxylation is 1. The van der Waals surface area contributed by atoms with Crippen molar-refractivity contribution < 1.29 is 9.53 Å². The first kappa shape index (κ1) is 13.9. The van der Waals surface area contributed by atoms with Gasteiger partial charge in [-0.3, -0.25) is 9.48 Å². The second-order valence-corrected chi connectivity index (χ2v) is 6.20. The van der Waals surface area contributed by atoms with Gasteiger partial charge in [0.25, 0.3) is 0 Å². The van der Waals surface area contributed by atoms with Crippen molar-refractivity contribution >= 4 is 5.97 Å². The van der Waals surface area contributed by atoms with E-state index in [-0.39, 0.29) is 17.8 Å². The number of benzene rings is 1. The third-order valence-electron chi connectivity index (χ3n) is 4.00. The molecule has 1 aliphatic heterocycles. The van der Waals surface area contributed by atoms with Crippen LogP contribution in [0.25, 0.3) is 0 Å². The van der Waals surface area contributed by atoms with Crippen molar-refractivity contribution in [1.82, 2.24) is 9.78 Å². The lowest BCUT2D eigenvalue weighted by molar-refractivity contribution is -0.133. The molecule has 2 heterocycles. The fourth-order valence-corrected chi connectivity index (χ4v) is 2.87. The van der Waals surface area contributed by atoms with Gasteiger partial charge in [-0.2, -0.15) is 5.10 Å². The van der Waals surface area contributed by atoms with Crippen LogP contribution in [0.1, 0.15) is 38.1 Å². The van der Waals surface area contributed by atoms with Gasteiger partial charge in [-0.05, 0) is 31.0 Å². The number of ether oxygens (including phenoxy) is 1. The highest BCUT2D eigenvalue weighted by molar-refractivity contribution is 5.74. The highest BCUT2D eigenvalue weighted by Crippen LogP contribution is 2.33. The Kier molecular flexibility index (Phi) is 3.53. The molecule has 0 bridgehead atoms. The number of rotatable bonds is 3. The molecule has 21 heavy (non-hydrogen) atoms. The van der Waals surface area contributed by atoms with E-state index in [1.165, 1.54) is 5.69 Å². The van der Waals surface area contributed by atoms with E-state index in [0.717, 1.165) is 25.1 Å². The van der Waals surface area contributed by atoms with E-state index in [2.05, 4.69) is 18.9 Å². The molecule has 1 aromatic heterocycles. The number of aromatic nitrogens is 2. The number of hydrogen-bond acceptors (Lipinski definition) is 3. The summed E-state index contributed by atoms with van der Waals surface area (Å²) in [5, 5.41) is 4.54. The first-order valence-corrected chi connectivity index (χ1v) is 7.37. The zero-order valence-corrected chi connectivity index (χ0v) is 12.5. The predicted octanol–water partition coefficient (Wildman–Crippen LogP) is 3.10. The van der Waals surface area contributed by atoms with Crippen LogP contribution in [0.15, 0.2) is 36.4 Å². The zero-order chi connectivity index (χ0) is 14.9. The molecule has 1 aromatic carbocycles. The summed E-state index contributed by atoms with van der Waals surface area (Å²) < 4.78 is 7.35. The van der Waals surface area contributed by atoms with E-state index in [4.69, 9.17) is 4.74 Å². The van der Waals surface area contributed by atoms with Gasteiger partial charge < -0.3 is 4.74 Å². The standard InChI is InChI=1S/C17H20N2O2/c1-17(2)9-6-10-19-15(17)11-13(18-19)12-16(20)21-14-7-4-3-5-8-14/h3-5,7-8,11H,6,9-10,12H2,1-2H3. The third-order valence-corrected chi connectivity index (χ3v) is 4.00. The van der Waals surface area contributed by atoms with Gasteiger partial charge in [0.1, 0.15) is 5.75 Å². The van der Waals surface area contributed by atoms with Gasteiger partial charge in [-0.15, -0.1) is 0 Å². The normalized spacial score (nSPS) is 16.3. The molecule has 0 spiro atoms. The van der Waals surface area contributed by atoms with Crippen LogP contribution in [-0.2, 0) is 23.2 Å². The van der Waals surface area contributed by atoms with E-state index in [1.807, 2.05) is 28.9 Å². The van der Waals surface area contributed by atoms with E-state index < -0.39 is 0 Å². The molecule has 0 unspecified atom stereocenters. The minimum absolute atomic E-state index is 0.132. The summed E-state index contributed by atoms with van der Waals surface area (Å²) in [7, 11) is 0. The lowest BCUT2D eigenvalue weighted by atomic mass is 9.82.